The molecule has 0 saturated heterocycles. The number of nitrogens with two attached hydrogens (primary N) is 1. The Labute approximate surface area is 161 Å². The zero-order chi connectivity index (χ0) is 19.1. The molecule has 7 heteroatoms. The van der Waals surface area contributed by atoms with Crippen molar-refractivity contribution in [1.82, 2.24) is 4.57 Å². The number of hydrogen-bond acceptors (Lipinski definition) is 3. The molecule has 0 aliphatic carbocycles. The number of halogens is 2. The predicted molar refractivity (Wildman–Crippen MR) is 102 cm³/mol. The van der Waals surface area contributed by atoms with E-state index in [1.165, 1.54) is 29.0 Å². The standard InChI is InChI=1S/C20H12BrFN2O3/c21-15-9-11(22)5-6-13(15)17-7-8-18(27-17)20(26)24-10-14(19(23)25)12-3-1-2-4-16(12)24/h1-10H,(H2,23,25). The Balaban J connectivity index is 1.78. The van der Waals surface area contributed by atoms with Gasteiger partial charge in [0.25, 0.3) is 11.8 Å². The van der Waals surface area contributed by atoms with E-state index in [-0.39, 0.29) is 17.1 Å². The predicted octanol–water partition coefficient (Wildman–Crippen LogP) is 4.59. The monoisotopic (exact) mass is 426 g/mol. The van der Waals surface area contributed by atoms with Crippen molar-refractivity contribution in [2.75, 3.05) is 0 Å². The lowest BCUT2D eigenvalue weighted by molar-refractivity contribution is 0.0938. The van der Waals surface area contributed by atoms with E-state index in [0.29, 0.717) is 26.7 Å². The third-order valence-electron chi connectivity index (χ3n) is 4.21. The molecule has 4 rings (SSSR count). The molecule has 0 unspecified atom stereocenters. The number of aromatic nitrogens is 1. The number of fused-ring (bicyclic) bond motifs is 1. The lowest BCUT2D eigenvalue weighted by Crippen LogP contribution is -2.12. The zero-order valence-electron chi connectivity index (χ0n) is 13.8. The quantitative estimate of drug-likeness (QED) is 0.520. The van der Waals surface area contributed by atoms with Gasteiger partial charge in [0.05, 0.1) is 11.1 Å². The maximum atomic E-state index is 13.3. The molecule has 0 aliphatic rings. The number of nitrogens with zero attached hydrogens (tertiary/aromatic N) is 1. The molecule has 2 N–H and O–H groups in total. The second kappa shape index (κ2) is 6.51. The summed E-state index contributed by atoms with van der Waals surface area (Å²) >= 11 is 3.29. The normalized spacial score (nSPS) is 11.0. The van der Waals surface area contributed by atoms with Gasteiger partial charge >= 0.3 is 0 Å². The van der Waals surface area contributed by atoms with Gasteiger partial charge in [0.15, 0.2) is 5.76 Å². The topological polar surface area (TPSA) is 78.2 Å². The minimum absolute atomic E-state index is 0.0815. The van der Waals surface area contributed by atoms with Crippen LogP contribution >= 0.6 is 15.9 Å². The van der Waals surface area contributed by atoms with E-state index in [4.69, 9.17) is 10.2 Å². The summed E-state index contributed by atoms with van der Waals surface area (Å²) in [4.78, 5) is 24.6. The molecule has 2 heterocycles. The molecule has 0 saturated carbocycles. The molecule has 1 amide bonds. The number of carbonyl (C=O) groups is 2. The van der Waals surface area contributed by atoms with Gasteiger partial charge < -0.3 is 10.2 Å². The number of furan rings is 1. The average Bonchev–Trinajstić information content (AvgIpc) is 3.26. The molecular weight excluding hydrogens is 415 g/mol. The van der Waals surface area contributed by atoms with Gasteiger partial charge in [0.2, 0.25) is 0 Å². The summed E-state index contributed by atoms with van der Waals surface area (Å²) in [6.07, 6.45) is 1.41. The molecule has 4 aromatic rings. The van der Waals surface area contributed by atoms with Crippen LogP contribution in [0.5, 0.6) is 0 Å². The first-order valence-corrected chi connectivity index (χ1v) is 8.75. The van der Waals surface area contributed by atoms with Crippen LogP contribution in [-0.4, -0.2) is 16.4 Å². The Morgan fingerprint density at radius 2 is 1.85 bits per heavy atom. The summed E-state index contributed by atoms with van der Waals surface area (Å²) in [6, 6.07) is 14.3. The fourth-order valence-corrected chi connectivity index (χ4v) is 3.50. The highest BCUT2D eigenvalue weighted by Crippen LogP contribution is 2.31. The Morgan fingerprint density at radius 1 is 1.07 bits per heavy atom. The number of primary amides is 1. The van der Waals surface area contributed by atoms with Gasteiger partial charge in [0.1, 0.15) is 11.6 Å². The molecule has 0 atom stereocenters. The van der Waals surface area contributed by atoms with Crippen LogP contribution in [0.3, 0.4) is 0 Å². The van der Waals surface area contributed by atoms with Crippen LogP contribution < -0.4 is 5.73 Å². The largest absolute Gasteiger partial charge is 0.451 e. The van der Waals surface area contributed by atoms with Gasteiger partial charge in [-0.1, -0.05) is 18.2 Å². The van der Waals surface area contributed by atoms with Crippen molar-refractivity contribution in [3.05, 3.63) is 82.4 Å². The zero-order valence-corrected chi connectivity index (χ0v) is 15.4. The second-order valence-electron chi connectivity index (χ2n) is 5.89. The molecular formula is C20H12BrFN2O3. The SMILES string of the molecule is NC(=O)c1cn(C(=O)c2ccc(-c3ccc(F)cc3Br)o2)c2ccccc12. The summed E-state index contributed by atoms with van der Waals surface area (Å²) < 4.78 is 20.8. The van der Waals surface area contributed by atoms with Crippen molar-refractivity contribution in [3.8, 4) is 11.3 Å². The average molecular weight is 427 g/mol. The number of benzene rings is 2. The molecule has 0 fully saturated rings. The van der Waals surface area contributed by atoms with Gasteiger partial charge in [-0.25, -0.2) is 4.39 Å². The third kappa shape index (κ3) is 2.96. The van der Waals surface area contributed by atoms with Gasteiger partial charge in [-0.3, -0.25) is 14.2 Å². The van der Waals surface area contributed by atoms with E-state index in [2.05, 4.69) is 15.9 Å². The van der Waals surface area contributed by atoms with Crippen molar-refractivity contribution in [3.63, 3.8) is 0 Å². The Bertz CT molecular complexity index is 1210. The maximum Gasteiger partial charge on any atom is 0.298 e. The van der Waals surface area contributed by atoms with E-state index in [9.17, 15) is 14.0 Å². The Kier molecular flexibility index (Phi) is 4.16. The first-order valence-electron chi connectivity index (χ1n) is 7.95. The Hall–Kier alpha value is -3.19. The number of amides is 1. The molecule has 2 aromatic heterocycles. The van der Waals surface area contributed by atoms with E-state index >= 15 is 0 Å². The number of rotatable bonds is 3. The summed E-state index contributed by atoms with van der Waals surface area (Å²) in [5, 5.41) is 0.589. The molecule has 134 valence electrons. The van der Waals surface area contributed by atoms with Crippen molar-refractivity contribution >= 4 is 38.6 Å². The van der Waals surface area contributed by atoms with Crippen molar-refractivity contribution in [2.24, 2.45) is 5.73 Å². The highest BCUT2D eigenvalue weighted by Gasteiger charge is 2.20. The van der Waals surface area contributed by atoms with Crippen LogP contribution in [0.25, 0.3) is 22.2 Å². The van der Waals surface area contributed by atoms with E-state index < -0.39 is 11.8 Å². The lowest BCUT2D eigenvalue weighted by Gasteiger charge is -2.03. The van der Waals surface area contributed by atoms with Gasteiger partial charge in [0, 0.05) is 21.6 Å². The Morgan fingerprint density at radius 3 is 2.59 bits per heavy atom. The van der Waals surface area contributed by atoms with E-state index in [1.54, 1.807) is 36.4 Å². The molecule has 0 radical (unpaired) electrons. The summed E-state index contributed by atoms with van der Waals surface area (Å²) in [5.41, 5.74) is 6.84. The van der Waals surface area contributed by atoms with Crippen LogP contribution in [0.15, 0.2) is 69.7 Å². The van der Waals surface area contributed by atoms with E-state index in [1.807, 2.05) is 0 Å². The van der Waals surface area contributed by atoms with Crippen LogP contribution in [0.4, 0.5) is 4.39 Å². The van der Waals surface area contributed by atoms with E-state index in [0.717, 1.165) is 0 Å². The van der Waals surface area contributed by atoms with Crippen LogP contribution in [0.2, 0.25) is 0 Å². The first kappa shape index (κ1) is 17.2. The number of carbonyl (C=O) groups excluding carboxylic acids is 2. The fraction of sp³-hybridized carbons (Fsp3) is 0. The highest BCUT2D eigenvalue weighted by molar-refractivity contribution is 9.10. The maximum absolute atomic E-state index is 13.3. The van der Waals surface area contributed by atoms with Crippen LogP contribution in [0, 0.1) is 5.82 Å². The van der Waals surface area contributed by atoms with Gasteiger partial charge in [-0.05, 0) is 52.3 Å². The number of hydrogen-bond donors (Lipinski definition) is 1. The minimum atomic E-state index is -0.617. The van der Waals surface area contributed by atoms with Crippen LogP contribution in [0.1, 0.15) is 20.9 Å². The summed E-state index contributed by atoms with van der Waals surface area (Å²) in [6.45, 7) is 0. The molecule has 0 bridgehead atoms. The fourth-order valence-electron chi connectivity index (χ4n) is 2.95. The molecule has 2 aromatic carbocycles. The molecule has 0 spiro atoms. The highest BCUT2D eigenvalue weighted by atomic mass is 79.9. The van der Waals surface area contributed by atoms with Gasteiger partial charge in [-0.15, -0.1) is 0 Å². The summed E-state index contributed by atoms with van der Waals surface area (Å²) in [7, 11) is 0. The van der Waals surface area contributed by atoms with Crippen molar-refractivity contribution in [1.29, 1.82) is 0 Å². The smallest absolute Gasteiger partial charge is 0.298 e. The third-order valence-corrected chi connectivity index (χ3v) is 4.87. The molecule has 0 aliphatic heterocycles. The lowest BCUT2D eigenvalue weighted by atomic mass is 10.2. The molecule has 27 heavy (non-hydrogen) atoms. The minimum Gasteiger partial charge on any atom is -0.451 e. The summed E-state index contributed by atoms with van der Waals surface area (Å²) in [5.74, 6) is -0.947. The molecule has 5 nitrogen and oxygen atoms in total. The van der Waals surface area contributed by atoms with Crippen molar-refractivity contribution in [2.45, 2.75) is 0 Å². The van der Waals surface area contributed by atoms with Crippen LogP contribution in [-0.2, 0) is 0 Å². The van der Waals surface area contributed by atoms with Gasteiger partial charge in [-0.2, -0.15) is 0 Å². The first-order chi connectivity index (χ1) is 13.0. The van der Waals surface area contributed by atoms with Crippen molar-refractivity contribution < 1.29 is 18.4 Å². The second-order valence-corrected chi connectivity index (χ2v) is 6.74. The number of para-hydroxylation sites is 1.